The Hall–Kier alpha value is -1.22. The molecule has 9 heteroatoms. The second kappa shape index (κ2) is 5.41. The summed E-state index contributed by atoms with van der Waals surface area (Å²) in [5.74, 6) is -2.58. The minimum Gasteiger partial charge on any atom is -0.380 e. The van der Waals surface area contributed by atoms with Crippen molar-refractivity contribution in [3.8, 4) is 5.75 Å². The van der Waals surface area contributed by atoms with E-state index >= 15 is 0 Å². The standard InChI is InChI=1S/C8H5F5O3S/c9-5-1-6(10)3-7(2-5)16-17(14)15-4-8(11,12)13/h1-3H,4H2. The molecule has 0 saturated carbocycles. The van der Waals surface area contributed by atoms with E-state index in [0.29, 0.717) is 18.2 Å². The Kier molecular flexibility index (Phi) is 4.40. The van der Waals surface area contributed by atoms with Gasteiger partial charge in [-0.1, -0.05) is 0 Å². The van der Waals surface area contributed by atoms with Crippen molar-refractivity contribution in [1.82, 2.24) is 0 Å². The highest BCUT2D eigenvalue weighted by Crippen LogP contribution is 2.18. The maximum absolute atomic E-state index is 12.6. The van der Waals surface area contributed by atoms with Crippen LogP contribution in [-0.2, 0) is 15.5 Å². The van der Waals surface area contributed by atoms with E-state index in [0.717, 1.165) is 0 Å². The Morgan fingerprint density at radius 1 is 1.12 bits per heavy atom. The van der Waals surface area contributed by atoms with Gasteiger partial charge in [0.25, 0.3) is 0 Å². The molecule has 0 spiro atoms. The van der Waals surface area contributed by atoms with Crippen LogP contribution in [0.5, 0.6) is 5.75 Å². The van der Waals surface area contributed by atoms with Crippen LogP contribution in [0, 0.1) is 11.6 Å². The summed E-state index contributed by atoms with van der Waals surface area (Å²) < 4.78 is 79.0. The monoisotopic (exact) mass is 276 g/mol. The van der Waals surface area contributed by atoms with Gasteiger partial charge in [-0.25, -0.2) is 13.0 Å². The SMILES string of the molecule is O=S(OCC(F)(F)F)Oc1cc(F)cc(F)c1. The molecule has 0 saturated heterocycles. The largest absolute Gasteiger partial charge is 0.413 e. The van der Waals surface area contributed by atoms with Gasteiger partial charge in [0.15, 0.2) is 6.61 Å². The van der Waals surface area contributed by atoms with Crippen molar-refractivity contribution in [3.05, 3.63) is 29.8 Å². The normalized spacial score (nSPS) is 13.5. The minimum absolute atomic E-state index is 0.520. The highest BCUT2D eigenvalue weighted by Gasteiger charge is 2.29. The van der Waals surface area contributed by atoms with E-state index in [1.165, 1.54) is 0 Å². The first-order valence-corrected chi connectivity index (χ1v) is 5.02. The number of hydrogen-bond acceptors (Lipinski definition) is 3. The molecular formula is C8H5F5O3S. The highest BCUT2D eigenvalue weighted by molar-refractivity contribution is 7.75. The summed E-state index contributed by atoms with van der Waals surface area (Å²) in [5, 5.41) is 0. The molecule has 0 amide bonds. The topological polar surface area (TPSA) is 35.5 Å². The lowest BCUT2D eigenvalue weighted by atomic mass is 10.3. The molecule has 1 aromatic rings. The fraction of sp³-hybridized carbons (Fsp3) is 0.250. The van der Waals surface area contributed by atoms with E-state index in [-0.39, 0.29) is 0 Å². The van der Waals surface area contributed by atoms with Gasteiger partial charge in [-0.2, -0.15) is 17.4 Å². The molecule has 1 aromatic carbocycles. The van der Waals surface area contributed by atoms with Crippen LogP contribution in [0.3, 0.4) is 0 Å². The predicted molar refractivity (Wildman–Crippen MR) is 47.1 cm³/mol. The maximum Gasteiger partial charge on any atom is 0.413 e. The molecule has 0 N–H and O–H groups in total. The Bertz CT molecular complexity index is 400. The molecule has 1 unspecified atom stereocenters. The van der Waals surface area contributed by atoms with E-state index in [2.05, 4.69) is 8.37 Å². The number of halogens is 5. The first-order valence-electron chi connectivity index (χ1n) is 4.02. The molecule has 1 rings (SSSR count). The van der Waals surface area contributed by atoms with Crippen LogP contribution in [0.2, 0.25) is 0 Å². The Labute approximate surface area is 95.0 Å². The quantitative estimate of drug-likeness (QED) is 0.793. The summed E-state index contributed by atoms with van der Waals surface area (Å²) in [6, 6.07) is 1.82. The molecule has 0 aliphatic heterocycles. The van der Waals surface area contributed by atoms with Gasteiger partial charge >= 0.3 is 17.5 Å². The zero-order valence-electron chi connectivity index (χ0n) is 7.96. The van der Waals surface area contributed by atoms with Crippen LogP contribution >= 0.6 is 0 Å². The Morgan fingerprint density at radius 2 is 1.65 bits per heavy atom. The molecule has 0 heterocycles. The van der Waals surface area contributed by atoms with Crippen molar-refractivity contribution in [3.63, 3.8) is 0 Å². The van der Waals surface area contributed by atoms with Gasteiger partial charge in [0, 0.05) is 18.2 Å². The van der Waals surface area contributed by atoms with Gasteiger partial charge in [0.1, 0.15) is 17.4 Å². The number of alkyl halides is 3. The van der Waals surface area contributed by atoms with Crippen LogP contribution in [0.15, 0.2) is 18.2 Å². The van der Waals surface area contributed by atoms with Gasteiger partial charge in [-0.3, -0.25) is 0 Å². The lowest BCUT2D eigenvalue weighted by molar-refractivity contribution is -0.152. The number of hydrogen-bond donors (Lipinski definition) is 0. The highest BCUT2D eigenvalue weighted by atomic mass is 32.2. The van der Waals surface area contributed by atoms with Crippen LogP contribution in [0.4, 0.5) is 22.0 Å². The van der Waals surface area contributed by atoms with Gasteiger partial charge in [0.05, 0.1) is 0 Å². The zero-order chi connectivity index (χ0) is 13.1. The summed E-state index contributed by atoms with van der Waals surface area (Å²) in [6.07, 6.45) is -4.67. The molecule has 17 heavy (non-hydrogen) atoms. The van der Waals surface area contributed by atoms with E-state index in [1.807, 2.05) is 0 Å². The van der Waals surface area contributed by atoms with Crippen molar-refractivity contribution < 1.29 is 34.5 Å². The first kappa shape index (κ1) is 13.8. The Morgan fingerprint density at radius 3 is 2.12 bits per heavy atom. The van der Waals surface area contributed by atoms with Gasteiger partial charge in [-0.05, 0) is 0 Å². The van der Waals surface area contributed by atoms with Crippen molar-refractivity contribution in [2.75, 3.05) is 6.61 Å². The zero-order valence-corrected chi connectivity index (χ0v) is 8.78. The molecule has 0 aliphatic rings. The van der Waals surface area contributed by atoms with Crippen molar-refractivity contribution in [2.24, 2.45) is 0 Å². The number of benzene rings is 1. The van der Waals surface area contributed by atoms with E-state index in [9.17, 15) is 26.2 Å². The molecule has 1 atom stereocenters. The third-order valence-corrected chi connectivity index (χ3v) is 1.96. The van der Waals surface area contributed by atoms with Gasteiger partial charge in [0.2, 0.25) is 0 Å². The van der Waals surface area contributed by atoms with Crippen molar-refractivity contribution in [2.45, 2.75) is 6.18 Å². The van der Waals surface area contributed by atoms with E-state index < -0.39 is 41.5 Å². The lowest BCUT2D eigenvalue weighted by Gasteiger charge is -2.07. The first-order chi connectivity index (χ1) is 7.76. The Balaban J connectivity index is 2.56. The van der Waals surface area contributed by atoms with E-state index in [4.69, 9.17) is 0 Å². The third kappa shape index (κ3) is 5.59. The average molecular weight is 276 g/mol. The minimum atomic E-state index is -4.67. The predicted octanol–water partition coefficient (Wildman–Crippen LogP) is 2.50. The van der Waals surface area contributed by atoms with E-state index in [1.54, 1.807) is 0 Å². The van der Waals surface area contributed by atoms with Crippen LogP contribution in [-0.4, -0.2) is 17.0 Å². The third-order valence-electron chi connectivity index (χ3n) is 1.32. The number of rotatable bonds is 4. The van der Waals surface area contributed by atoms with Crippen LogP contribution < -0.4 is 4.18 Å². The second-order valence-electron chi connectivity index (χ2n) is 2.77. The summed E-state index contributed by atoms with van der Waals surface area (Å²) in [6.45, 7) is -1.79. The smallest absolute Gasteiger partial charge is 0.380 e. The van der Waals surface area contributed by atoms with Crippen molar-refractivity contribution >= 4 is 11.4 Å². The van der Waals surface area contributed by atoms with Gasteiger partial charge in [-0.15, -0.1) is 0 Å². The fourth-order valence-electron chi connectivity index (χ4n) is 0.794. The molecule has 0 aliphatic carbocycles. The van der Waals surface area contributed by atoms with Gasteiger partial charge < -0.3 is 4.18 Å². The molecule has 96 valence electrons. The molecular weight excluding hydrogens is 271 g/mol. The summed E-state index contributed by atoms with van der Waals surface area (Å²) in [5.41, 5.74) is 0. The van der Waals surface area contributed by atoms with Crippen molar-refractivity contribution in [1.29, 1.82) is 0 Å². The molecule has 0 aromatic heterocycles. The summed E-state index contributed by atoms with van der Waals surface area (Å²) in [7, 11) is 0. The lowest BCUT2D eigenvalue weighted by Crippen LogP contribution is -2.19. The summed E-state index contributed by atoms with van der Waals surface area (Å²) in [4.78, 5) is 0. The fourth-order valence-corrected chi connectivity index (χ4v) is 1.33. The maximum atomic E-state index is 12.6. The molecule has 0 bridgehead atoms. The molecule has 0 fully saturated rings. The van der Waals surface area contributed by atoms with Crippen LogP contribution in [0.25, 0.3) is 0 Å². The molecule has 0 radical (unpaired) electrons. The second-order valence-corrected chi connectivity index (χ2v) is 3.58. The average Bonchev–Trinajstić information content (AvgIpc) is 2.11. The molecule has 3 nitrogen and oxygen atoms in total. The van der Waals surface area contributed by atoms with Crippen LogP contribution in [0.1, 0.15) is 0 Å². The summed E-state index contributed by atoms with van der Waals surface area (Å²) >= 11 is -2.79.